The summed E-state index contributed by atoms with van der Waals surface area (Å²) < 4.78 is 27.7. The molecule has 1 saturated heterocycles. The maximum absolute atomic E-state index is 13.5. The van der Waals surface area contributed by atoms with Gasteiger partial charge in [0.15, 0.2) is 0 Å². The molecule has 0 bridgehead atoms. The lowest BCUT2D eigenvalue weighted by Crippen LogP contribution is -2.51. The molecule has 8 heteroatoms. The molecular formula is C26H28ClN3O3S. The van der Waals surface area contributed by atoms with Gasteiger partial charge < -0.3 is 5.32 Å². The predicted octanol–water partition coefficient (Wildman–Crippen LogP) is 4.64. The van der Waals surface area contributed by atoms with E-state index in [1.54, 1.807) is 18.2 Å². The molecule has 3 aromatic rings. The van der Waals surface area contributed by atoms with Gasteiger partial charge in [0.25, 0.3) is 0 Å². The first-order chi connectivity index (χ1) is 16.3. The van der Waals surface area contributed by atoms with Gasteiger partial charge in [-0.2, -0.15) is 4.31 Å². The van der Waals surface area contributed by atoms with E-state index in [-0.39, 0.29) is 23.9 Å². The topological polar surface area (TPSA) is 69.7 Å². The molecule has 0 aromatic heterocycles. The van der Waals surface area contributed by atoms with Crippen molar-refractivity contribution in [2.45, 2.75) is 24.8 Å². The van der Waals surface area contributed by atoms with Crippen molar-refractivity contribution < 1.29 is 13.2 Å². The maximum Gasteiger partial charge on any atom is 0.246 e. The summed E-state index contributed by atoms with van der Waals surface area (Å²) in [5.74, 6) is -0.133. The molecule has 1 fully saturated rings. The van der Waals surface area contributed by atoms with Gasteiger partial charge in [0.2, 0.25) is 15.9 Å². The third kappa shape index (κ3) is 5.33. The number of carbonyl (C=O) groups excluding carboxylic acids is 1. The number of aryl methyl sites for hydroxylation is 2. The Labute approximate surface area is 206 Å². The molecular weight excluding hydrogens is 470 g/mol. The minimum Gasteiger partial charge on any atom is -0.324 e. The normalized spacial score (nSPS) is 16.2. The summed E-state index contributed by atoms with van der Waals surface area (Å²) in [6.45, 7) is 5.39. The van der Waals surface area contributed by atoms with Crippen LogP contribution in [0.15, 0.2) is 77.7 Å². The Hall–Kier alpha value is -2.71. The highest BCUT2D eigenvalue weighted by Crippen LogP contribution is 2.27. The highest BCUT2D eigenvalue weighted by molar-refractivity contribution is 7.89. The van der Waals surface area contributed by atoms with E-state index in [0.717, 1.165) is 22.4 Å². The molecule has 34 heavy (non-hydrogen) atoms. The van der Waals surface area contributed by atoms with Gasteiger partial charge in [0, 0.05) is 36.9 Å². The van der Waals surface area contributed by atoms with Crippen LogP contribution in [0.5, 0.6) is 0 Å². The first-order valence-electron chi connectivity index (χ1n) is 11.2. The zero-order valence-electron chi connectivity index (χ0n) is 19.2. The van der Waals surface area contributed by atoms with E-state index >= 15 is 0 Å². The molecule has 1 heterocycles. The van der Waals surface area contributed by atoms with Crippen LogP contribution in [-0.2, 0) is 14.8 Å². The third-order valence-corrected chi connectivity index (χ3v) is 8.22. The van der Waals surface area contributed by atoms with Crippen molar-refractivity contribution in [3.05, 3.63) is 94.5 Å². The van der Waals surface area contributed by atoms with Crippen LogP contribution in [0.4, 0.5) is 5.69 Å². The van der Waals surface area contributed by atoms with Crippen LogP contribution in [0.25, 0.3) is 0 Å². The Morgan fingerprint density at radius 1 is 0.912 bits per heavy atom. The molecule has 0 radical (unpaired) electrons. The van der Waals surface area contributed by atoms with Crippen molar-refractivity contribution in [3.63, 3.8) is 0 Å². The van der Waals surface area contributed by atoms with Gasteiger partial charge in [0.1, 0.15) is 6.04 Å². The van der Waals surface area contributed by atoms with E-state index in [1.807, 2.05) is 67.3 Å². The van der Waals surface area contributed by atoms with Crippen LogP contribution in [0, 0.1) is 13.8 Å². The number of benzene rings is 3. The van der Waals surface area contributed by atoms with Gasteiger partial charge in [-0.05, 0) is 54.8 Å². The quantitative estimate of drug-likeness (QED) is 0.538. The second-order valence-electron chi connectivity index (χ2n) is 8.52. The molecule has 178 valence electrons. The minimum absolute atomic E-state index is 0.133. The lowest BCUT2D eigenvalue weighted by atomic mass is 10.0. The average molecular weight is 498 g/mol. The molecule has 0 unspecified atom stereocenters. The van der Waals surface area contributed by atoms with E-state index in [1.165, 1.54) is 10.4 Å². The average Bonchev–Trinajstić information content (AvgIpc) is 2.83. The number of anilines is 1. The van der Waals surface area contributed by atoms with Crippen LogP contribution in [0.2, 0.25) is 5.02 Å². The number of amides is 1. The molecule has 1 amide bonds. The number of halogens is 1. The summed E-state index contributed by atoms with van der Waals surface area (Å²) in [5.41, 5.74) is 3.71. The Kier molecular flexibility index (Phi) is 7.38. The van der Waals surface area contributed by atoms with Gasteiger partial charge in [-0.25, -0.2) is 8.42 Å². The van der Waals surface area contributed by atoms with E-state index in [9.17, 15) is 13.2 Å². The molecule has 0 aliphatic carbocycles. The van der Waals surface area contributed by atoms with E-state index in [0.29, 0.717) is 18.1 Å². The fourth-order valence-electron chi connectivity index (χ4n) is 4.21. The van der Waals surface area contributed by atoms with Crippen molar-refractivity contribution in [2.24, 2.45) is 0 Å². The van der Waals surface area contributed by atoms with E-state index < -0.39 is 16.1 Å². The maximum atomic E-state index is 13.5. The first-order valence-corrected chi connectivity index (χ1v) is 13.0. The molecule has 4 rings (SSSR count). The first kappa shape index (κ1) is 24.4. The molecule has 0 spiro atoms. The van der Waals surface area contributed by atoms with Gasteiger partial charge >= 0.3 is 0 Å². The smallest absolute Gasteiger partial charge is 0.246 e. The minimum atomic E-state index is -3.66. The van der Waals surface area contributed by atoms with Crippen molar-refractivity contribution >= 4 is 33.2 Å². The zero-order chi connectivity index (χ0) is 24.3. The van der Waals surface area contributed by atoms with Crippen molar-refractivity contribution in [1.29, 1.82) is 0 Å². The Morgan fingerprint density at radius 3 is 2.29 bits per heavy atom. The van der Waals surface area contributed by atoms with Gasteiger partial charge in [-0.1, -0.05) is 60.1 Å². The highest BCUT2D eigenvalue weighted by Gasteiger charge is 2.34. The molecule has 6 nitrogen and oxygen atoms in total. The van der Waals surface area contributed by atoms with Crippen LogP contribution in [0.1, 0.15) is 22.7 Å². The number of hydrogen-bond donors (Lipinski definition) is 1. The molecule has 1 atom stereocenters. The molecule has 0 saturated carbocycles. The summed E-state index contributed by atoms with van der Waals surface area (Å²) in [4.78, 5) is 15.7. The third-order valence-electron chi connectivity index (χ3n) is 6.09. The van der Waals surface area contributed by atoms with Crippen LogP contribution in [0.3, 0.4) is 0 Å². The lowest BCUT2D eigenvalue weighted by Gasteiger charge is -2.38. The van der Waals surface area contributed by atoms with Crippen molar-refractivity contribution in [2.75, 3.05) is 31.5 Å². The summed E-state index contributed by atoms with van der Waals surface area (Å²) in [5, 5.41) is 3.47. The molecule has 1 aliphatic heterocycles. The van der Waals surface area contributed by atoms with Crippen molar-refractivity contribution in [1.82, 2.24) is 9.21 Å². The largest absolute Gasteiger partial charge is 0.324 e. The predicted molar refractivity (Wildman–Crippen MR) is 136 cm³/mol. The second kappa shape index (κ2) is 10.3. The molecule has 3 aromatic carbocycles. The van der Waals surface area contributed by atoms with E-state index in [2.05, 4.69) is 5.32 Å². The fraction of sp³-hybridized carbons (Fsp3) is 0.269. The molecule has 1 N–H and O–H groups in total. The van der Waals surface area contributed by atoms with E-state index in [4.69, 9.17) is 11.6 Å². The Balaban J connectivity index is 1.54. The number of nitrogens with one attached hydrogen (secondary N) is 1. The van der Waals surface area contributed by atoms with Gasteiger partial charge in [0.05, 0.1) is 4.90 Å². The fourth-order valence-corrected chi connectivity index (χ4v) is 5.94. The number of piperazine rings is 1. The van der Waals surface area contributed by atoms with Gasteiger partial charge in [-0.3, -0.25) is 9.69 Å². The summed E-state index contributed by atoms with van der Waals surface area (Å²) in [7, 11) is -3.66. The highest BCUT2D eigenvalue weighted by atomic mass is 35.5. The zero-order valence-corrected chi connectivity index (χ0v) is 20.8. The number of nitrogens with zero attached hydrogens (tertiary/aromatic N) is 2. The Morgan fingerprint density at radius 2 is 1.62 bits per heavy atom. The molecule has 1 aliphatic rings. The number of carbonyl (C=O) groups is 1. The SMILES string of the molecule is Cc1ccc(C)c(NC(=O)[C@@H](c2ccccc2)N2CCN(S(=O)(=O)c3cccc(Cl)c3)CC2)c1. The monoisotopic (exact) mass is 497 g/mol. The standard InChI is InChI=1S/C26H28ClN3O3S/c1-19-11-12-20(2)24(17-19)28-26(31)25(21-7-4-3-5-8-21)29-13-15-30(16-14-29)34(32,33)23-10-6-9-22(27)18-23/h3-12,17-18,25H,13-16H2,1-2H3,(H,28,31)/t25-/m1/s1. The Bertz CT molecular complexity index is 1270. The lowest BCUT2D eigenvalue weighted by molar-refractivity contribution is -0.122. The van der Waals surface area contributed by atoms with Gasteiger partial charge in [-0.15, -0.1) is 0 Å². The summed E-state index contributed by atoms with van der Waals surface area (Å²) in [6.07, 6.45) is 0. The number of sulfonamides is 1. The summed E-state index contributed by atoms with van der Waals surface area (Å²) >= 11 is 6.01. The van der Waals surface area contributed by atoms with Crippen LogP contribution >= 0.6 is 11.6 Å². The van der Waals surface area contributed by atoms with Crippen LogP contribution < -0.4 is 5.32 Å². The van der Waals surface area contributed by atoms with Crippen LogP contribution in [-0.4, -0.2) is 49.7 Å². The second-order valence-corrected chi connectivity index (χ2v) is 10.9. The van der Waals surface area contributed by atoms with Crippen molar-refractivity contribution in [3.8, 4) is 0 Å². The summed E-state index contributed by atoms with van der Waals surface area (Å²) in [6, 6.07) is 21.3. The number of hydrogen-bond acceptors (Lipinski definition) is 4. The number of rotatable bonds is 6.